The van der Waals surface area contributed by atoms with Crippen molar-refractivity contribution in [3.05, 3.63) is 30.1 Å². The molecule has 6 nitrogen and oxygen atoms in total. The number of nitrogens with one attached hydrogen (secondary N) is 1. The topological polar surface area (TPSA) is 79.4 Å². The summed E-state index contributed by atoms with van der Waals surface area (Å²) in [5, 5.41) is 2.25. The van der Waals surface area contributed by atoms with E-state index in [0.29, 0.717) is 6.54 Å². The van der Waals surface area contributed by atoms with E-state index in [2.05, 4.69) is 10.3 Å². The molecule has 0 bridgehead atoms. The molecule has 0 aromatic carbocycles. The average molecular weight is 313 g/mol. The lowest BCUT2D eigenvalue weighted by atomic mass is 10.2. The predicted octanol–water partition coefficient (Wildman–Crippen LogP) is 0.451. The first-order valence-corrected chi connectivity index (χ1v) is 8.73. The lowest BCUT2D eigenvalue weighted by Crippen LogP contribution is -2.45. The molecular weight excluding hydrogens is 290 g/mol. The summed E-state index contributed by atoms with van der Waals surface area (Å²) in [6, 6.07) is 5.27. The van der Waals surface area contributed by atoms with E-state index in [9.17, 15) is 13.2 Å². The Morgan fingerprint density at radius 2 is 2.05 bits per heavy atom. The zero-order valence-electron chi connectivity index (χ0n) is 12.9. The van der Waals surface area contributed by atoms with Crippen molar-refractivity contribution < 1.29 is 13.2 Å². The van der Waals surface area contributed by atoms with Crippen molar-refractivity contribution in [3.8, 4) is 0 Å². The van der Waals surface area contributed by atoms with E-state index in [1.54, 1.807) is 32.0 Å². The maximum Gasteiger partial charge on any atom is 0.234 e. The number of sulfone groups is 1. The molecule has 2 unspecified atom stereocenters. The molecule has 1 N–H and O–H groups in total. The van der Waals surface area contributed by atoms with Gasteiger partial charge in [-0.2, -0.15) is 0 Å². The lowest BCUT2D eigenvalue weighted by Gasteiger charge is -2.28. The SMILES string of the molecule is CC(C(C)S(C)(=O)=O)N(C)CC(=O)NCc1ccccn1. The summed E-state index contributed by atoms with van der Waals surface area (Å²) in [5.74, 6) is -0.157. The summed E-state index contributed by atoms with van der Waals surface area (Å²) in [6.07, 6.45) is 2.88. The van der Waals surface area contributed by atoms with Gasteiger partial charge in [0.15, 0.2) is 9.84 Å². The molecule has 0 aliphatic rings. The first-order valence-electron chi connectivity index (χ1n) is 6.77. The van der Waals surface area contributed by atoms with Gasteiger partial charge in [-0.1, -0.05) is 6.07 Å². The quantitative estimate of drug-likeness (QED) is 0.791. The molecule has 1 heterocycles. The van der Waals surface area contributed by atoms with E-state index < -0.39 is 15.1 Å². The molecule has 1 aromatic rings. The third kappa shape index (κ3) is 5.81. The second kappa shape index (κ2) is 7.51. The van der Waals surface area contributed by atoms with Crippen LogP contribution in [0.1, 0.15) is 19.5 Å². The van der Waals surface area contributed by atoms with Crippen LogP contribution in [0.25, 0.3) is 0 Å². The van der Waals surface area contributed by atoms with Gasteiger partial charge in [0.25, 0.3) is 0 Å². The largest absolute Gasteiger partial charge is 0.349 e. The van der Waals surface area contributed by atoms with E-state index in [0.717, 1.165) is 5.69 Å². The molecule has 0 saturated carbocycles. The normalized spacial score (nSPS) is 14.7. The Morgan fingerprint density at radius 3 is 2.57 bits per heavy atom. The first-order chi connectivity index (χ1) is 9.71. The molecule has 21 heavy (non-hydrogen) atoms. The Labute approximate surface area is 126 Å². The average Bonchev–Trinajstić information content (AvgIpc) is 2.43. The number of nitrogens with zero attached hydrogens (tertiary/aromatic N) is 2. The zero-order valence-corrected chi connectivity index (χ0v) is 13.7. The number of rotatable bonds is 7. The third-order valence-electron chi connectivity index (χ3n) is 3.64. The second-order valence-corrected chi connectivity index (χ2v) is 7.69. The molecule has 7 heteroatoms. The Morgan fingerprint density at radius 1 is 1.38 bits per heavy atom. The highest BCUT2D eigenvalue weighted by Gasteiger charge is 2.26. The van der Waals surface area contributed by atoms with Crippen LogP contribution >= 0.6 is 0 Å². The lowest BCUT2D eigenvalue weighted by molar-refractivity contribution is -0.122. The van der Waals surface area contributed by atoms with Gasteiger partial charge in [-0.05, 0) is 33.0 Å². The number of carbonyl (C=O) groups is 1. The Hall–Kier alpha value is -1.47. The molecule has 0 spiro atoms. The van der Waals surface area contributed by atoms with Crippen molar-refractivity contribution in [3.63, 3.8) is 0 Å². The Bertz CT molecular complexity index is 560. The minimum absolute atomic E-state index is 0.147. The van der Waals surface area contributed by atoms with Gasteiger partial charge in [0.2, 0.25) is 5.91 Å². The van der Waals surface area contributed by atoms with Crippen LogP contribution in [0.15, 0.2) is 24.4 Å². The molecule has 0 radical (unpaired) electrons. The van der Waals surface area contributed by atoms with Crippen LogP contribution in [0.4, 0.5) is 0 Å². The summed E-state index contributed by atoms with van der Waals surface area (Å²) in [6.45, 7) is 3.97. The minimum Gasteiger partial charge on any atom is -0.349 e. The highest BCUT2D eigenvalue weighted by Crippen LogP contribution is 2.09. The number of hydrogen-bond acceptors (Lipinski definition) is 5. The van der Waals surface area contributed by atoms with E-state index in [1.165, 1.54) is 6.26 Å². The standard InChI is InChI=1S/C14H23N3O3S/c1-11(12(2)21(4,19)20)17(3)10-14(18)16-9-13-7-5-6-8-15-13/h5-8,11-12H,9-10H2,1-4H3,(H,16,18). The van der Waals surface area contributed by atoms with E-state index in [-0.39, 0.29) is 18.5 Å². The van der Waals surface area contributed by atoms with Crippen molar-refractivity contribution >= 4 is 15.7 Å². The maximum absolute atomic E-state index is 11.9. The minimum atomic E-state index is -3.12. The number of aromatic nitrogens is 1. The summed E-state index contributed by atoms with van der Waals surface area (Å²) in [4.78, 5) is 17.7. The number of amides is 1. The second-order valence-electron chi connectivity index (χ2n) is 5.29. The van der Waals surface area contributed by atoms with Crippen LogP contribution in [0.5, 0.6) is 0 Å². The fraction of sp³-hybridized carbons (Fsp3) is 0.571. The van der Waals surface area contributed by atoms with Crippen LogP contribution in [-0.2, 0) is 21.2 Å². The van der Waals surface area contributed by atoms with Crippen LogP contribution in [0.3, 0.4) is 0 Å². The molecule has 0 fully saturated rings. The first kappa shape index (κ1) is 17.6. The van der Waals surface area contributed by atoms with Gasteiger partial charge >= 0.3 is 0 Å². The number of likely N-dealkylation sites (N-methyl/N-ethyl adjacent to an activating group) is 1. The summed E-state index contributed by atoms with van der Waals surface area (Å²) < 4.78 is 23.1. The molecule has 2 atom stereocenters. The highest BCUT2D eigenvalue weighted by molar-refractivity contribution is 7.91. The fourth-order valence-corrected chi connectivity index (χ4v) is 2.76. The van der Waals surface area contributed by atoms with Crippen LogP contribution in [-0.4, -0.2) is 55.3 Å². The van der Waals surface area contributed by atoms with Crippen molar-refractivity contribution in [2.24, 2.45) is 0 Å². The third-order valence-corrected chi connectivity index (χ3v) is 5.38. The van der Waals surface area contributed by atoms with Gasteiger partial charge in [-0.25, -0.2) is 8.42 Å². The van der Waals surface area contributed by atoms with E-state index in [4.69, 9.17) is 0 Å². The smallest absolute Gasteiger partial charge is 0.234 e. The summed E-state index contributed by atoms with van der Waals surface area (Å²) in [5.41, 5.74) is 0.783. The van der Waals surface area contributed by atoms with Gasteiger partial charge in [0, 0.05) is 18.5 Å². The maximum atomic E-state index is 11.9. The van der Waals surface area contributed by atoms with Crippen molar-refractivity contribution in [2.75, 3.05) is 19.8 Å². The van der Waals surface area contributed by atoms with Crippen LogP contribution < -0.4 is 5.32 Å². The molecule has 0 aliphatic carbocycles. The molecular formula is C14H23N3O3S. The van der Waals surface area contributed by atoms with E-state index in [1.807, 2.05) is 18.2 Å². The molecule has 1 rings (SSSR count). The Balaban J connectivity index is 2.47. The molecule has 1 amide bonds. The van der Waals surface area contributed by atoms with Crippen molar-refractivity contribution in [1.82, 2.24) is 15.2 Å². The monoisotopic (exact) mass is 313 g/mol. The fourth-order valence-electron chi connectivity index (χ4n) is 1.83. The summed E-state index contributed by atoms with van der Waals surface area (Å²) >= 11 is 0. The highest BCUT2D eigenvalue weighted by atomic mass is 32.2. The molecule has 0 saturated heterocycles. The Kier molecular flexibility index (Phi) is 6.29. The van der Waals surface area contributed by atoms with Gasteiger partial charge < -0.3 is 5.32 Å². The van der Waals surface area contributed by atoms with Gasteiger partial charge in [0.05, 0.1) is 24.0 Å². The van der Waals surface area contributed by atoms with Crippen molar-refractivity contribution in [2.45, 2.75) is 31.7 Å². The van der Waals surface area contributed by atoms with Crippen LogP contribution in [0, 0.1) is 0 Å². The van der Waals surface area contributed by atoms with Gasteiger partial charge in [-0.3, -0.25) is 14.7 Å². The molecule has 1 aromatic heterocycles. The van der Waals surface area contributed by atoms with Gasteiger partial charge in [-0.15, -0.1) is 0 Å². The van der Waals surface area contributed by atoms with Crippen molar-refractivity contribution in [1.29, 1.82) is 0 Å². The van der Waals surface area contributed by atoms with Gasteiger partial charge in [0.1, 0.15) is 0 Å². The number of pyridine rings is 1. The van der Waals surface area contributed by atoms with Crippen LogP contribution in [0.2, 0.25) is 0 Å². The zero-order chi connectivity index (χ0) is 16.0. The number of carbonyl (C=O) groups excluding carboxylic acids is 1. The summed E-state index contributed by atoms with van der Waals surface area (Å²) in [7, 11) is -1.38. The predicted molar refractivity (Wildman–Crippen MR) is 82.5 cm³/mol. The molecule has 118 valence electrons. The number of hydrogen-bond donors (Lipinski definition) is 1. The van der Waals surface area contributed by atoms with E-state index >= 15 is 0 Å². The molecule has 0 aliphatic heterocycles.